The molecule has 1 rings (SSSR count). The molecule has 0 bridgehead atoms. The molecular weight excluding hydrogens is 224 g/mol. The zero-order valence-electron chi connectivity index (χ0n) is 9.86. The van der Waals surface area contributed by atoms with Crippen molar-refractivity contribution in [3.8, 4) is 0 Å². The molecule has 0 aromatic carbocycles. The molecule has 1 aromatic rings. The van der Waals surface area contributed by atoms with Gasteiger partial charge < -0.3 is 16.0 Å². The highest BCUT2D eigenvalue weighted by Crippen LogP contribution is 2.20. The van der Waals surface area contributed by atoms with Crippen molar-refractivity contribution in [2.24, 2.45) is 5.73 Å². The third-order valence-corrected chi connectivity index (χ3v) is 3.22. The number of aromatic nitrogens is 1. The Labute approximate surface area is 99.7 Å². The van der Waals surface area contributed by atoms with Crippen LogP contribution in [0.25, 0.3) is 0 Å². The molecule has 0 spiro atoms. The Balaban J connectivity index is 2.39. The highest BCUT2D eigenvalue weighted by atomic mass is 32.1. The van der Waals surface area contributed by atoms with Crippen LogP contribution in [0.3, 0.4) is 0 Å². The van der Waals surface area contributed by atoms with E-state index in [4.69, 9.17) is 5.73 Å². The topological polar surface area (TPSA) is 71.2 Å². The molecule has 1 aromatic heterocycles. The van der Waals surface area contributed by atoms with Gasteiger partial charge in [-0.2, -0.15) is 0 Å². The van der Waals surface area contributed by atoms with Crippen molar-refractivity contribution in [3.63, 3.8) is 0 Å². The third kappa shape index (κ3) is 4.16. The molecule has 1 atom stereocenters. The molecule has 0 aliphatic rings. The SMILES string of the molecule is CC(CC(N)=O)NCc1cnc(N(C)C)s1. The van der Waals surface area contributed by atoms with Crippen molar-refractivity contribution in [2.45, 2.75) is 25.9 Å². The molecule has 0 fully saturated rings. The van der Waals surface area contributed by atoms with E-state index < -0.39 is 0 Å². The van der Waals surface area contributed by atoms with Crippen molar-refractivity contribution < 1.29 is 4.79 Å². The lowest BCUT2D eigenvalue weighted by Crippen LogP contribution is -2.30. The molecule has 1 unspecified atom stereocenters. The van der Waals surface area contributed by atoms with Crippen LogP contribution in [-0.2, 0) is 11.3 Å². The van der Waals surface area contributed by atoms with Gasteiger partial charge in [0, 0.05) is 44.2 Å². The number of hydrogen-bond donors (Lipinski definition) is 2. The van der Waals surface area contributed by atoms with E-state index in [0.29, 0.717) is 6.42 Å². The lowest BCUT2D eigenvalue weighted by Gasteiger charge is -2.10. The zero-order chi connectivity index (χ0) is 12.1. The first-order valence-corrected chi connectivity index (χ1v) is 5.94. The number of carbonyl (C=O) groups is 1. The number of nitrogens with one attached hydrogen (secondary N) is 1. The van der Waals surface area contributed by atoms with Gasteiger partial charge in [-0.15, -0.1) is 11.3 Å². The summed E-state index contributed by atoms with van der Waals surface area (Å²) >= 11 is 1.64. The largest absolute Gasteiger partial charge is 0.370 e. The number of hydrogen-bond acceptors (Lipinski definition) is 5. The van der Waals surface area contributed by atoms with Gasteiger partial charge in [0.1, 0.15) is 0 Å². The summed E-state index contributed by atoms with van der Waals surface area (Å²) in [7, 11) is 3.93. The Morgan fingerprint density at radius 1 is 1.69 bits per heavy atom. The van der Waals surface area contributed by atoms with Gasteiger partial charge in [-0.25, -0.2) is 4.98 Å². The van der Waals surface area contributed by atoms with E-state index in [-0.39, 0.29) is 11.9 Å². The molecule has 1 amide bonds. The van der Waals surface area contributed by atoms with E-state index in [9.17, 15) is 4.79 Å². The monoisotopic (exact) mass is 242 g/mol. The van der Waals surface area contributed by atoms with Crippen LogP contribution < -0.4 is 16.0 Å². The van der Waals surface area contributed by atoms with Crippen molar-refractivity contribution in [2.75, 3.05) is 19.0 Å². The second-order valence-corrected chi connectivity index (χ2v) is 5.05. The second kappa shape index (κ2) is 5.81. The molecule has 3 N–H and O–H groups in total. The van der Waals surface area contributed by atoms with E-state index >= 15 is 0 Å². The number of nitrogens with two attached hydrogens (primary N) is 1. The number of anilines is 1. The maximum Gasteiger partial charge on any atom is 0.218 e. The Morgan fingerprint density at radius 3 is 2.88 bits per heavy atom. The quantitative estimate of drug-likeness (QED) is 0.765. The van der Waals surface area contributed by atoms with Crippen molar-refractivity contribution in [3.05, 3.63) is 11.1 Å². The number of rotatable bonds is 6. The summed E-state index contributed by atoms with van der Waals surface area (Å²) in [6.45, 7) is 2.67. The summed E-state index contributed by atoms with van der Waals surface area (Å²) in [5, 5.41) is 4.22. The van der Waals surface area contributed by atoms with Gasteiger partial charge >= 0.3 is 0 Å². The first-order chi connectivity index (χ1) is 7.49. The average Bonchev–Trinajstić information content (AvgIpc) is 2.61. The first kappa shape index (κ1) is 12.9. The summed E-state index contributed by atoms with van der Waals surface area (Å²) < 4.78 is 0. The minimum Gasteiger partial charge on any atom is -0.370 e. The molecule has 0 aliphatic carbocycles. The maximum absolute atomic E-state index is 10.7. The van der Waals surface area contributed by atoms with E-state index in [0.717, 1.165) is 16.6 Å². The van der Waals surface area contributed by atoms with Crippen LogP contribution in [-0.4, -0.2) is 31.0 Å². The van der Waals surface area contributed by atoms with Crippen molar-refractivity contribution in [1.82, 2.24) is 10.3 Å². The number of carbonyl (C=O) groups excluding carboxylic acids is 1. The van der Waals surface area contributed by atoms with Gasteiger partial charge in [0.15, 0.2) is 5.13 Å². The van der Waals surface area contributed by atoms with E-state index in [1.807, 2.05) is 32.1 Å². The summed E-state index contributed by atoms with van der Waals surface area (Å²) in [5.74, 6) is -0.279. The van der Waals surface area contributed by atoms with Crippen molar-refractivity contribution >= 4 is 22.4 Å². The van der Waals surface area contributed by atoms with Crippen LogP contribution in [0.5, 0.6) is 0 Å². The van der Waals surface area contributed by atoms with Crippen molar-refractivity contribution in [1.29, 1.82) is 0 Å². The van der Waals surface area contributed by atoms with Crippen LogP contribution in [0.1, 0.15) is 18.2 Å². The fourth-order valence-electron chi connectivity index (χ4n) is 1.23. The molecule has 0 saturated carbocycles. The first-order valence-electron chi connectivity index (χ1n) is 5.12. The van der Waals surface area contributed by atoms with Gasteiger partial charge in [-0.1, -0.05) is 0 Å². The summed E-state index contributed by atoms with van der Waals surface area (Å²) in [4.78, 5) is 18.1. The molecule has 6 heteroatoms. The highest BCUT2D eigenvalue weighted by molar-refractivity contribution is 7.15. The van der Waals surface area contributed by atoms with Crippen LogP contribution in [0.2, 0.25) is 0 Å². The smallest absolute Gasteiger partial charge is 0.218 e. The molecule has 0 aliphatic heterocycles. The average molecular weight is 242 g/mol. The minimum absolute atomic E-state index is 0.0995. The van der Waals surface area contributed by atoms with Gasteiger partial charge in [-0.3, -0.25) is 4.79 Å². The number of amides is 1. The Morgan fingerprint density at radius 2 is 2.38 bits per heavy atom. The van der Waals surface area contributed by atoms with E-state index in [1.54, 1.807) is 11.3 Å². The van der Waals surface area contributed by atoms with Crippen LogP contribution in [0.4, 0.5) is 5.13 Å². The zero-order valence-corrected chi connectivity index (χ0v) is 10.7. The number of primary amides is 1. The Bertz CT molecular complexity index is 350. The molecule has 0 saturated heterocycles. The molecule has 0 radical (unpaired) electrons. The molecule has 5 nitrogen and oxygen atoms in total. The summed E-state index contributed by atoms with van der Waals surface area (Å²) in [6, 6.07) is 0.0995. The standard InChI is InChI=1S/C10H18N4OS/c1-7(4-9(11)15)12-5-8-6-13-10(16-8)14(2)3/h6-7,12H,4-5H2,1-3H3,(H2,11,15). The number of nitrogens with zero attached hydrogens (tertiary/aromatic N) is 2. The van der Waals surface area contributed by atoms with Gasteiger partial charge in [0.05, 0.1) is 0 Å². The normalized spacial score (nSPS) is 12.4. The Kier molecular flexibility index (Phi) is 4.70. The highest BCUT2D eigenvalue weighted by Gasteiger charge is 2.07. The fourth-order valence-corrected chi connectivity index (χ4v) is 2.02. The van der Waals surface area contributed by atoms with Gasteiger partial charge in [0.25, 0.3) is 0 Å². The molecule has 90 valence electrons. The lowest BCUT2D eigenvalue weighted by molar-refractivity contribution is -0.118. The summed E-state index contributed by atoms with van der Waals surface area (Å²) in [6.07, 6.45) is 2.21. The van der Waals surface area contributed by atoms with Gasteiger partial charge in [0.2, 0.25) is 5.91 Å². The predicted octanol–water partition coefficient (Wildman–Crippen LogP) is 0.563. The Hall–Kier alpha value is -1.14. The van der Waals surface area contributed by atoms with Crippen LogP contribution in [0, 0.1) is 0 Å². The van der Waals surface area contributed by atoms with Crippen LogP contribution >= 0.6 is 11.3 Å². The molecule has 16 heavy (non-hydrogen) atoms. The second-order valence-electron chi connectivity index (χ2n) is 3.96. The fraction of sp³-hybridized carbons (Fsp3) is 0.600. The van der Waals surface area contributed by atoms with E-state index in [2.05, 4.69) is 10.3 Å². The third-order valence-electron chi connectivity index (χ3n) is 2.06. The lowest BCUT2D eigenvalue weighted by atomic mass is 10.2. The van der Waals surface area contributed by atoms with E-state index in [1.165, 1.54) is 0 Å². The number of thiazole rings is 1. The summed E-state index contributed by atoms with van der Waals surface area (Å²) in [5.41, 5.74) is 5.11. The molecule has 1 heterocycles. The maximum atomic E-state index is 10.7. The van der Waals surface area contributed by atoms with Gasteiger partial charge in [-0.05, 0) is 6.92 Å². The minimum atomic E-state index is -0.279. The van der Waals surface area contributed by atoms with Crippen LogP contribution in [0.15, 0.2) is 6.20 Å². The predicted molar refractivity (Wildman–Crippen MR) is 66.6 cm³/mol. The molecular formula is C10H18N4OS.